The van der Waals surface area contributed by atoms with Gasteiger partial charge in [-0.25, -0.2) is 0 Å². The van der Waals surface area contributed by atoms with Crippen molar-refractivity contribution in [3.8, 4) is 23.0 Å². The minimum atomic E-state index is -0.353. The van der Waals surface area contributed by atoms with E-state index in [0.717, 1.165) is 16.7 Å². The van der Waals surface area contributed by atoms with E-state index in [0.29, 0.717) is 58.7 Å². The molecule has 8 heteroatoms. The molecule has 0 saturated heterocycles. The quantitative estimate of drug-likeness (QED) is 0.134. The molecule has 0 aliphatic heterocycles. The second kappa shape index (κ2) is 16.2. The summed E-state index contributed by atoms with van der Waals surface area (Å²) >= 11 is 6.48. The molecule has 0 aromatic heterocycles. The van der Waals surface area contributed by atoms with Gasteiger partial charge < -0.3 is 20.4 Å². The zero-order valence-electron chi connectivity index (χ0n) is 25.1. The predicted molar refractivity (Wildman–Crippen MR) is 170 cm³/mol. The van der Waals surface area contributed by atoms with E-state index < -0.39 is 0 Å². The maximum Gasteiger partial charge on any atom is 1.00 e. The Kier molecular flexibility index (Phi) is 12.1. The first-order valence-electron chi connectivity index (χ1n) is 13.4. The van der Waals surface area contributed by atoms with Gasteiger partial charge in [-0.1, -0.05) is 109 Å². The van der Waals surface area contributed by atoms with E-state index in [9.17, 15) is 4.79 Å². The van der Waals surface area contributed by atoms with E-state index in [1.807, 2.05) is 103 Å². The van der Waals surface area contributed by atoms with Crippen LogP contribution in [0.15, 0.2) is 121 Å². The summed E-state index contributed by atoms with van der Waals surface area (Å²) in [6.07, 6.45) is 0. The molecule has 0 spiro atoms. The first-order chi connectivity index (χ1) is 20.6. The van der Waals surface area contributed by atoms with Crippen LogP contribution in [0, 0.1) is 0 Å². The molecule has 0 aliphatic carbocycles. The summed E-state index contributed by atoms with van der Waals surface area (Å²) in [6, 6.07) is 38.4. The summed E-state index contributed by atoms with van der Waals surface area (Å²) in [5, 5.41) is 0.953. The van der Waals surface area contributed by atoms with Crippen LogP contribution in [-0.2, 0) is 19.8 Å². The molecular weight excluding hydrogens is 574 g/mol. The molecule has 0 amide bonds. The van der Waals surface area contributed by atoms with E-state index in [2.05, 4.69) is 0 Å². The molecule has 5 aromatic carbocycles. The Morgan fingerprint density at radius 1 is 0.651 bits per heavy atom. The van der Waals surface area contributed by atoms with E-state index in [1.165, 1.54) is 7.11 Å². The Bertz CT molecular complexity index is 1560. The van der Waals surface area contributed by atoms with Crippen LogP contribution < -0.4 is 43.1 Å². The number of hydrogen-bond acceptors (Lipinski definition) is 5. The topological polar surface area (TPSA) is 54.0 Å². The molecule has 43 heavy (non-hydrogen) atoms. The van der Waals surface area contributed by atoms with Gasteiger partial charge in [0.2, 0.25) is 0 Å². The minimum Gasteiger partial charge on any atom is -1.00 e. The van der Waals surface area contributed by atoms with Crippen molar-refractivity contribution in [1.82, 2.24) is 0 Å². The van der Waals surface area contributed by atoms with E-state index in [1.54, 1.807) is 18.2 Å². The average Bonchev–Trinajstić information content (AvgIpc) is 3.04. The van der Waals surface area contributed by atoms with Crippen LogP contribution in [0.25, 0.3) is 0 Å². The van der Waals surface area contributed by atoms with Gasteiger partial charge in [-0.3, -0.25) is 4.79 Å². The molecule has 0 N–H and O–H groups in total. The van der Waals surface area contributed by atoms with Crippen LogP contribution in [0.3, 0.4) is 0 Å². The van der Waals surface area contributed by atoms with Crippen LogP contribution >= 0.6 is 20.2 Å². The molecule has 5 rings (SSSR count). The summed E-state index contributed by atoms with van der Waals surface area (Å²) in [5.74, 6) is 2.00. The summed E-state index contributed by atoms with van der Waals surface area (Å²) in [7, 11) is 1.17. The average molecular weight is 605 g/mol. The number of carbonyl (C=O) groups excluding carboxylic acids is 1. The Hall–Kier alpha value is -3.71. The van der Waals surface area contributed by atoms with Crippen LogP contribution in [-0.4, -0.2) is 12.6 Å². The number of carbonyl (C=O) groups is 1. The van der Waals surface area contributed by atoms with Gasteiger partial charge in [0.15, 0.2) is 5.52 Å². The third kappa shape index (κ3) is 8.89. The van der Waals surface area contributed by atoms with E-state index in [4.69, 9.17) is 30.5 Å². The predicted octanol–water partition coefficient (Wildman–Crippen LogP) is 5.35. The van der Waals surface area contributed by atoms with Crippen molar-refractivity contribution in [2.75, 3.05) is 7.11 Å². The van der Waals surface area contributed by atoms with E-state index >= 15 is 0 Å². The fourth-order valence-corrected chi connectivity index (χ4v) is 5.76. The molecule has 0 aliphatic rings. The number of methoxy groups -OCH3 is 1. The largest absolute Gasteiger partial charge is 1.00 e. The van der Waals surface area contributed by atoms with Crippen LogP contribution in [0.1, 0.15) is 28.5 Å². The summed E-state index contributed by atoms with van der Waals surface area (Å²) < 4.78 is 24.4. The van der Waals surface area contributed by atoms with E-state index in [-0.39, 0.29) is 34.4 Å². The number of halogens is 1. The van der Waals surface area contributed by atoms with Gasteiger partial charge >= 0.3 is 18.9 Å². The molecule has 1 unspecified atom stereocenters. The first kappa shape index (κ1) is 32.2. The number of rotatable bonds is 13. The smallest absolute Gasteiger partial charge is 1.00 e. The van der Waals surface area contributed by atoms with Crippen molar-refractivity contribution < 1.29 is 44.0 Å². The monoisotopic (exact) mass is 604 g/mol. The Morgan fingerprint density at radius 3 is 1.58 bits per heavy atom. The van der Waals surface area contributed by atoms with Crippen molar-refractivity contribution in [1.29, 1.82) is 0 Å². The molecule has 214 valence electrons. The molecule has 0 saturated carbocycles. The van der Waals surface area contributed by atoms with Gasteiger partial charge in [0.25, 0.3) is 0 Å². The first-order valence-corrected chi connectivity index (χ1v) is 14.8. The van der Waals surface area contributed by atoms with Crippen molar-refractivity contribution in [2.24, 2.45) is 0 Å². The van der Waals surface area contributed by atoms with Gasteiger partial charge in [0.1, 0.15) is 42.8 Å². The van der Waals surface area contributed by atoms with Crippen LogP contribution in [0.2, 0.25) is 5.02 Å². The van der Waals surface area contributed by atoms with Crippen molar-refractivity contribution >= 4 is 31.0 Å². The Morgan fingerprint density at radius 2 is 1.12 bits per heavy atom. The van der Waals surface area contributed by atoms with Gasteiger partial charge in [0, 0.05) is 12.1 Å². The fraction of sp³-hybridized carbons (Fsp3) is 0.114. The number of hydrogen-bond donors (Lipinski definition) is 0. The zero-order valence-corrected chi connectivity index (χ0v) is 25.8. The van der Waals surface area contributed by atoms with Crippen LogP contribution in [0.5, 0.6) is 23.0 Å². The van der Waals surface area contributed by atoms with Crippen LogP contribution in [0.4, 0.5) is 0 Å². The minimum absolute atomic E-state index is 0. The van der Waals surface area contributed by atoms with Gasteiger partial charge in [-0.2, -0.15) is 0 Å². The zero-order chi connectivity index (χ0) is 29.1. The Labute approximate surface area is 272 Å². The maximum absolute atomic E-state index is 13.8. The third-order valence-corrected chi connectivity index (χ3v) is 7.96. The Balaban J connectivity index is 0.00000264. The van der Waals surface area contributed by atoms with Crippen molar-refractivity contribution in [3.63, 3.8) is 0 Å². The second-order valence-electron chi connectivity index (χ2n) is 9.39. The molecule has 5 nitrogen and oxygen atoms in total. The van der Waals surface area contributed by atoms with Crippen molar-refractivity contribution in [3.05, 3.63) is 149 Å². The summed E-state index contributed by atoms with van der Waals surface area (Å²) in [4.78, 5) is 13.8. The number of ether oxygens (including phenoxy) is 4. The SMILES string of the molecule is COc1cccc(Cl)c1C(=O)Pc1c(OCc2ccccc2)cc(OCc2ccccc2)cc1OCc1ccccc1.[H-].[Li+]. The molecule has 1 atom stereocenters. The molecule has 5 aromatic rings. The third-order valence-electron chi connectivity index (χ3n) is 6.42. The maximum atomic E-state index is 13.8. The number of benzene rings is 5. The van der Waals surface area contributed by atoms with Gasteiger partial charge in [0.05, 0.1) is 23.0 Å². The summed E-state index contributed by atoms with van der Waals surface area (Å²) in [6.45, 7) is 0.985. The molecular formula is C35H31ClLiO5P. The molecule has 0 heterocycles. The molecule has 0 fully saturated rings. The standard InChI is InChI=1S/C35H30ClO5P.Li.H/c1-38-30-19-11-18-29(36)33(30)35(37)42-34-31(40-23-26-14-7-3-8-15-26)20-28(39-22-25-12-5-2-6-13-25)21-32(34)41-24-27-16-9-4-10-17-27;;/h2-21,42H,22-24H2,1H3;;/q;+1;-1. The summed E-state index contributed by atoms with van der Waals surface area (Å²) in [5.41, 5.74) is 3.15. The van der Waals surface area contributed by atoms with Gasteiger partial charge in [-0.05, 0) is 37.4 Å². The molecule has 0 bridgehead atoms. The molecule has 0 radical (unpaired) electrons. The fourth-order valence-electron chi connectivity index (χ4n) is 4.28. The van der Waals surface area contributed by atoms with Gasteiger partial charge in [-0.15, -0.1) is 0 Å². The second-order valence-corrected chi connectivity index (χ2v) is 11.0. The van der Waals surface area contributed by atoms with Crippen molar-refractivity contribution in [2.45, 2.75) is 19.8 Å². The normalized spacial score (nSPS) is 10.7.